The zero-order chi connectivity index (χ0) is 36.3. The molecule has 0 radical (unpaired) electrons. The number of Topliss-reactive ketones (excluding diaryl/α,β-unsaturated/α-hetero) is 1. The summed E-state index contributed by atoms with van der Waals surface area (Å²) in [5.74, 6) is -0.192. The van der Waals surface area contributed by atoms with Crippen molar-refractivity contribution in [3.63, 3.8) is 0 Å². The number of quaternary nitrogens is 1. The number of likely N-dealkylation sites (N-methyl/N-ethyl adjacent to an activating group) is 1. The Bertz CT molecular complexity index is 840. The molecule has 0 aliphatic heterocycles. The zero-order valence-corrected chi connectivity index (χ0v) is 33.8. The molecule has 0 aromatic heterocycles. The number of phosphoric ester groups is 1. The van der Waals surface area contributed by atoms with Crippen LogP contribution in [-0.2, 0) is 23.2 Å². The van der Waals surface area contributed by atoms with E-state index in [-0.39, 0.29) is 13.0 Å². The van der Waals surface area contributed by atoms with Crippen molar-refractivity contribution in [1.29, 1.82) is 0 Å². The molecule has 0 saturated carbocycles. The minimum Gasteiger partial charge on any atom is -0.371 e. The van der Waals surface area contributed by atoms with E-state index in [0.29, 0.717) is 23.2 Å². The van der Waals surface area contributed by atoms with Crippen molar-refractivity contribution in [2.45, 2.75) is 206 Å². The first-order chi connectivity index (χ1) is 23.6. The molecular formula is C41H81NO6P+. The second-order valence-electron chi connectivity index (χ2n) is 15.5. The average molecular weight is 715 g/mol. The van der Waals surface area contributed by atoms with Gasteiger partial charge >= 0.3 is 13.8 Å². The number of hydrogen-bond acceptors (Lipinski definition) is 5. The predicted octanol–water partition coefficient (Wildman–Crippen LogP) is 12.6. The standard InChI is InChI=1S/C41H80NO6P/c1-5-6-7-8-9-10-11-12-14-17-20-23-26-29-32-35-40(43)36-33-30-27-24-21-18-15-13-16-19-22-25-28-31-34-37-41(44)48-49(45,46)47-39-38-42(2,3)4/h13,16H,5-12,14-15,17-39H2,1-4H3/p+1/b16-13-. The monoisotopic (exact) mass is 715 g/mol. The van der Waals surface area contributed by atoms with Crippen LogP contribution in [0.2, 0.25) is 0 Å². The summed E-state index contributed by atoms with van der Waals surface area (Å²) in [5.41, 5.74) is 0. The van der Waals surface area contributed by atoms with E-state index in [0.717, 1.165) is 64.2 Å². The van der Waals surface area contributed by atoms with E-state index in [2.05, 4.69) is 23.6 Å². The number of hydrogen-bond donors (Lipinski definition) is 1. The van der Waals surface area contributed by atoms with Crippen LogP contribution < -0.4 is 0 Å². The quantitative estimate of drug-likeness (QED) is 0.0296. The Hall–Kier alpha value is -1.01. The van der Waals surface area contributed by atoms with Gasteiger partial charge in [-0.2, -0.15) is 0 Å². The first-order valence-corrected chi connectivity index (χ1v) is 22.2. The van der Waals surface area contributed by atoms with Gasteiger partial charge in [0.25, 0.3) is 0 Å². The van der Waals surface area contributed by atoms with Crippen molar-refractivity contribution >= 4 is 19.6 Å². The Morgan fingerprint density at radius 2 is 0.898 bits per heavy atom. The molecule has 0 saturated heterocycles. The predicted molar refractivity (Wildman–Crippen MR) is 208 cm³/mol. The molecule has 7 nitrogen and oxygen atoms in total. The molecule has 1 N–H and O–H groups in total. The first-order valence-electron chi connectivity index (χ1n) is 20.7. The number of nitrogens with zero attached hydrogens (tertiary/aromatic N) is 1. The third-order valence-corrected chi connectivity index (χ3v) is 10.2. The van der Waals surface area contributed by atoms with Crippen LogP contribution in [0.3, 0.4) is 0 Å². The number of carbonyl (C=O) groups excluding carboxylic acids is 2. The van der Waals surface area contributed by atoms with Crippen molar-refractivity contribution in [2.24, 2.45) is 0 Å². The van der Waals surface area contributed by atoms with Crippen LogP contribution >= 0.6 is 7.82 Å². The lowest BCUT2D eigenvalue weighted by Gasteiger charge is -2.23. The second-order valence-corrected chi connectivity index (χ2v) is 16.8. The molecule has 0 aliphatic rings. The third kappa shape index (κ3) is 39.6. The summed E-state index contributed by atoms with van der Waals surface area (Å²) in [6.45, 7) is 2.88. The molecule has 0 amide bonds. The van der Waals surface area contributed by atoms with Gasteiger partial charge in [0.2, 0.25) is 0 Å². The maximum atomic E-state index is 12.2. The Balaban J connectivity index is 3.38. The Morgan fingerprint density at radius 3 is 1.29 bits per heavy atom. The van der Waals surface area contributed by atoms with Crippen LogP contribution in [0.25, 0.3) is 0 Å². The molecule has 1 unspecified atom stereocenters. The van der Waals surface area contributed by atoms with E-state index in [1.807, 2.05) is 21.1 Å². The van der Waals surface area contributed by atoms with E-state index in [4.69, 9.17) is 4.52 Å². The molecule has 0 bridgehead atoms. The van der Waals surface area contributed by atoms with Crippen molar-refractivity contribution < 1.29 is 32.6 Å². The van der Waals surface area contributed by atoms with Gasteiger partial charge in [-0.05, 0) is 44.9 Å². The average Bonchev–Trinajstić information content (AvgIpc) is 3.03. The summed E-state index contributed by atoms with van der Waals surface area (Å²) in [4.78, 5) is 33.7. The van der Waals surface area contributed by atoms with Gasteiger partial charge in [-0.25, -0.2) is 4.57 Å². The maximum absolute atomic E-state index is 12.2. The lowest BCUT2D eigenvalue weighted by atomic mass is 10.0. The molecule has 49 heavy (non-hydrogen) atoms. The van der Waals surface area contributed by atoms with Gasteiger partial charge in [0.05, 0.1) is 21.1 Å². The number of rotatable bonds is 38. The number of phosphoric acid groups is 1. The highest BCUT2D eigenvalue weighted by Gasteiger charge is 2.26. The van der Waals surface area contributed by atoms with Crippen molar-refractivity contribution in [3.05, 3.63) is 12.2 Å². The highest BCUT2D eigenvalue weighted by atomic mass is 31.2. The minimum absolute atomic E-state index is 0.0583. The van der Waals surface area contributed by atoms with Crippen LogP contribution in [-0.4, -0.2) is 55.4 Å². The molecule has 0 aromatic rings. The summed E-state index contributed by atoms with van der Waals surface area (Å²) < 4.78 is 22.0. The maximum Gasteiger partial charge on any atom is 0.529 e. The summed E-state index contributed by atoms with van der Waals surface area (Å²) in [7, 11) is 1.53. The normalized spacial score (nSPS) is 13.2. The Labute approximate surface area is 304 Å². The molecule has 0 heterocycles. The number of unbranched alkanes of at least 4 members (excludes halogenated alkanes) is 25. The Morgan fingerprint density at radius 1 is 0.551 bits per heavy atom. The summed E-state index contributed by atoms with van der Waals surface area (Å²) >= 11 is 0. The van der Waals surface area contributed by atoms with Gasteiger partial charge in [-0.15, -0.1) is 0 Å². The fraction of sp³-hybridized carbons (Fsp3) is 0.902. The third-order valence-electron chi connectivity index (χ3n) is 9.29. The van der Waals surface area contributed by atoms with Crippen LogP contribution in [0, 0.1) is 0 Å². The van der Waals surface area contributed by atoms with Crippen LogP contribution in [0.15, 0.2) is 12.2 Å². The highest BCUT2D eigenvalue weighted by Crippen LogP contribution is 2.43. The smallest absolute Gasteiger partial charge is 0.371 e. The van der Waals surface area contributed by atoms with Gasteiger partial charge in [-0.1, -0.05) is 154 Å². The molecule has 0 aromatic carbocycles. The van der Waals surface area contributed by atoms with Gasteiger partial charge in [0, 0.05) is 19.3 Å². The highest BCUT2D eigenvalue weighted by molar-refractivity contribution is 7.48. The van der Waals surface area contributed by atoms with E-state index in [9.17, 15) is 19.0 Å². The van der Waals surface area contributed by atoms with Crippen LogP contribution in [0.1, 0.15) is 206 Å². The van der Waals surface area contributed by atoms with Gasteiger partial charge in [0.15, 0.2) is 0 Å². The topological polar surface area (TPSA) is 89.9 Å². The summed E-state index contributed by atoms with van der Waals surface area (Å²) in [5, 5.41) is 0. The van der Waals surface area contributed by atoms with Crippen molar-refractivity contribution in [1.82, 2.24) is 0 Å². The van der Waals surface area contributed by atoms with Gasteiger partial charge in [-0.3, -0.25) is 19.0 Å². The summed E-state index contributed by atoms with van der Waals surface area (Å²) in [6, 6.07) is 0. The molecular weight excluding hydrogens is 633 g/mol. The van der Waals surface area contributed by atoms with Gasteiger partial charge < -0.3 is 9.01 Å². The molecule has 0 spiro atoms. The Kier molecular flexibility index (Phi) is 33.4. The molecule has 0 aliphatic carbocycles. The fourth-order valence-electron chi connectivity index (χ4n) is 6.04. The van der Waals surface area contributed by atoms with Crippen molar-refractivity contribution in [3.8, 4) is 0 Å². The van der Waals surface area contributed by atoms with E-state index in [1.54, 1.807) is 0 Å². The molecule has 0 fully saturated rings. The van der Waals surface area contributed by atoms with Gasteiger partial charge in [0.1, 0.15) is 18.9 Å². The summed E-state index contributed by atoms with van der Waals surface area (Å²) in [6.07, 6.45) is 41.2. The van der Waals surface area contributed by atoms with E-state index in [1.165, 1.54) is 122 Å². The first kappa shape index (κ1) is 48.0. The largest absolute Gasteiger partial charge is 0.529 e. The molecule has 290 valence electrons. The fourth-order valence-corrected chi connectivity index (χ4v) is 6.75. The molecule has 1 atom stereocenters. The minimum atomic E-state index is -4.32. The lowest BCUT2D eigenvalue weighted by molar-refractivity contribution is -0.870. The van der Waals surface area contributed by atoms with Crippen molar-refractivity contribution in [2.75, 3.05) is 34.3 Å². The SMILES string of the molecule is CCCCCCCCCCCCCCCCCC(=O)CCCCCCCC/C=C\CCCCCCCC(=O)OP(=O)(O)OCC[N+](C)(C)C. The molecule has 8 heteroatoms. The lowest BCUT2D eigenvalue weighted by Crippen LogP contribution is -2.37. The number of allylic oxidation sites excluding steroid dienone is 2. The van der Waals surface area contributed by atoms with E-state index >= 15 is 0 Å². The number of carbonyl (C=O) groups is 2. The zero-order valence-electron chi connectivity index (χ0n) is 32.9. The second kappa shape index (κ2) is 34.1. The van der Waals surface area contributed by atoms with Crippen LogP contribution in [0.4, 0.5) is 0 Å². The number of ketones is 1. The molecule has 0 rings (SSSR count). The van der Waals surface area contributed by atoms with E-state index < -0.39 is 13.8 Å². The van der Waals surface area contributed by atoms with Crippen LogP contribution in [0.5, 0.6) is 0 Å².